The number of anilines is 1. The minimum absolute atomic E-state index is 0.710. The fourth-order valence-electron chi connectivity index (χ4n) is 4.07. The third kappa shape index (κ3) is 2.96. The Bertz CT molecular complexity index is 437. The minimum atomic E-state index is 0.710. The van der Waals surface area contributed by atoms with Gasteiger partial charge in [0.1, 0.15) is 0 Å². The van der Waals surface area contributed by atoms with Crippen LogP contribution in [0.25, 0.3) is 0 Å². The molecule has 2 aliphatic carbocycles. The number of hydrogen-bond donors (Lipinski definition) is 1. The smallest absolute Gasteiger partial charge is 0.0345 e. The van der Waals surface area contributed by atoms with E-state index >= 15 is 0 Å². The van der Waals surface area contributed by atoms with E-state index in [2.05, 4.69) is 37.4 Å². The summed E-state index contributed by atoms with van der Waals surface area (Å²) in [4.78, 5) is 0. The number of nitrogens with one attached hydrogen (secondary N) is 1. The Morgan fingerprint density at radius 2 is 1.68 bits per heavy atom. The van der Waals surface area contributed by atoms with Gasteiger partial charge >= 0.3 is 0 Å². The van der Waals surface area contributed by atoms with E-state index in [0.717, 1.165) is 11.8 Å². The van der Waals surface area contributed by atoms with Crippen molar-refractivity contribution in [3.05, 3.63) is 29.3 Å². The Balaban J connectivity index is 1.62. The van der Waals surface area contributed by atoms with Crippen LogP contribution in [-0.2, 0) is 0 Å². The molecule has 1 aromatic carbocycles. The van der Waals surface area contributed by atoms with E-state index in [1.807, 2.05) is 0 Å². The summed E-state index contributed by atoms with van der Waals surface area (Å²) in [5, 5.41) is 3.78. The van der Waals surface area contributed by atoms with E-state index in [-0.39, 0.29) is 0 Å². The van der Waals surface area contributed by atoms with Gasteiger partial charge in [0.2, 0.25) is 0 Å². The molecule has 0 aromatic heterocycles. The topological polar surface area (TPSA) is 12.0 Å². The second kappa shape index (κ2) is 5.56. The van der Waals surface area contributed by atoms with Crippen molar-refractivity contribution in [2.24, 2.45) is 11.8 Å². The molecule has 2 aliphatic rings. The summed E-state index contributed by atoms with van der Waals surface area (Å²) < 4.78 is 0. The molecule has 0 amide bonds. The molecule has 1 aromatic rings. The zero-order valence-electron chi connectivity index (χ0n) is 12.4. The van der Waals surface area contributed by atoms with E-state index in [9.17, 15) is 0 Å². The van der Waals surface area contributed by atoms with Gasteiger partial charge in [0.25, 0.3) is 0 Å². The van der Waals surface area contributed by atoms with Crippen LogP contribution in [0, 0.1) is 25.7 Å². The first-order valence-electron chi connectivity index (χ1n) is 8.06. The Morgan fingerprint density at radius 1 is 0.895 bits per heavy atom. The molecule has 3 unspecified atom stereocenters. The number of fused-ring (bicyclic) bond motifs is 1. The molecule has 0 aliphatic heterocycles. The summed E-state index contributed by atoms with van der Waals surface area (Å²) in [6, 6.07) is 7.50. The van der Waals surface area contributed by atoms with Gasteiger partial charge in [0.05, 0.1) is 0 Å². The fraction of sp³-hybridized carbons (Fsp3) is 0.667. The van der Waals surface area contributed by atoms with Crippen molar-refractivity contribution in [2.75, 3.05) is 5.32 Å². The number of aryl methyl sites for hydroxylation is 2. The first kappa shape index (κ1) is 13.0. The zero-order chi connectivity index (χ0) is 13.2. The lowest BCUT2D eigenvalue weighted by Gasteiger charge is -2.39. The maximum absolute atomic E-state index is 3.78. The molecule has 19 heavy (non-hydrogen) atoms. The van der Waals surface area contributed by atoms with E-state index < -0.39 is 0 Å². The molecule has 0 bridgehead atoms. The van der Waals surface area contributed by atoms with Crippen LogP contribution in [0.3, 0.4) is 0 Å². The van der Waals surface area contributed by atoms with E-state index in [1.165, 1.54) is 61.8 Å². The molecule has 2 saturated carbocycles. The highest BCUT2D eigenvalue weighted by atomic mass is 14.9. The third-order valence-electron chi connectivity index (χ3n) is 5.42. The van der Waals surface area contributed by atoms with Crippen molar-refractivity contribution in [2.45, 2.75) is 64.8 Å². The van der Waals surface area contributed by atoms with E-state index in [4.69, 9.17) is 0 Å². The van der Waals surface area contributed by atoms with Crippen LogP contribution >= 0.6 is 0 Å². The van der Waals surface area contributed by atoms with E-state index in [0.29, 0.717) is 6.04 Å². The molecule has 0 spiro atoms. The average Bonchev–Trinajstić information content (AvgIpc) is 2.43. The molecule has 3 atom stereocenters. The highest BCUT2D eigenvalue weighted by molar-refractivity contribution is 5.48. The molecule has 104 valence electrons. The second-order valence-corrected chi connectivity index (χ2v) is 6.76. The largest absolute Gasteiger partial charge is 0.382 e. The van der Waals surface area contributed by atoms with Crippen LogP contribution in [0.2, 0.25) is 0 Å². The van der Waals surface area contributed by atoms with Gasteiger partial charge in [-0.3, -0.25) is 0 Å². The Hall–Kier alpha value is -0.980. The summed E-state index contributed by atoms with van der Waals surface area (Å²) in [5.74, 6) is 2.05. The molecule has 0 heterocycles. The molecule has 1 N–H and O–H groups in total. The lowest BCUT2D eigenvalue weighted by atomic mass is 9.69. The molecular weight excluding hydrogens is 230 g/mol. The Morgan fingerprint density at radius 3 is 2.47 bits per heavy atom. The van der Waals surface area contributed by atoms with Crippen molar-refractivity contribution in [1.82, 2.24) is 0 Å². The van der Waals surface area contributed by atoms with Gasteiger partial charge < -0.3 is 5.32 Å². The molecule has 2 fully saturated rings. The number of benzene rings is 1. The van der Waals surface area contributed by atoms with Gasteiger partial charge in [-0.15, -0.1) is 0 Å². The predicted octanol–water partition coefficient (Wildman–Crippen LogP) is 5.07. The molecule has 3 rings (SSSR count). The molecule has 0 radical (unpaired) electrons. The lowest BCUT2D eigenvalue weighted by Crippen LogP contribution is -2.34. The maximum atomic E-state index is 3.78. The van der Waals surface area contributed by atoms with Gasteiger partial charge in [0, 0.05) is 11.7 Å². The van der Waals surface area contributed by atoms with Gasteiger partial charge in [-0.2, -0.15) is 0 Å². The molecular formula is C18H27N. The zero-order valence-corrected chi connectivity index (χ0v) is 12.4. The standard InChI is InChI=1S/C18H27N/c1-13-7-9-17(11-14(13)2)19-18-10-8-15-5-3-4-6-16(15)12-18/h7,9,11,15-16,18-19H,3-6,8,10,12H2,1-2H3. The van der Waals surface area contributed by atoms with Crippen molar-refractivity contribution in [1.29, 1.82) is 0 Å². The molecule has 1 nitrogen and oxygen atoms in total. The summed E-state index contributed by atoms with van der Waals surface area (Å²) in [5.41, 5.74) is 4.11. The van der Waals surface area contributed by atoms with Crippen LogP contribution < -0.4 is 5.32 Å². The average molecular weight is 257 g/mol. The van der Waals surface area contributed by atoms with Gasteiger partial charge in [-0.25, -0.2) is 0 Å². The van der Waals surface area contributed by atoms with Crippen LogP contribution in [0.1, 0.15) is 56.1 Å². The van der Waals surface area contributed by atoms with Crippen LogP contribution in [0.4, 0.5) is 5.69 Å². The normalized spacial score (nSPS) is 30.7. The van der Waals surface area contributed by atoms with Crippen molar-refractivity contribution in [3.8, 4) is 0 Å². The first-order valence-corrected chi connectivity index (χ1v) is 8.06. The van der Waals surface area contributed by atoms with E-state index in [1.54, 1.807) is 0 Å². The Kier molecular flexibility index (Phi) is 3.81. The van der Waals surface area contributed by atoms with Crippen molar-refractivity contribution >= 4 is 5.69 Å². The van der Waals surface area contributed by atoms with Crippen molar-refractivity contribution in [3.63, 3.8) is 0 Å². The summed E-state index contributed by atoms with van der Waals surface area (Å²) in [6.45, 7) is 4.39. The molecule has 1 heteroatoms. The number of rotatable bonds is 2. The summed E-state index contributed by atoms with van der Waals surface area (Å²) in [6.07, 6.45) is 10.2. The Labute approximate surface area is 117 Å². The molecule has 0 saturated heterocycles. The third-order valence-corrected chi connectivity index (χ3v) is 5.42. The first-order chi connectivity index (χ1) is 9.22. The predicted molar refractivity (Wildman–Crippen MR) is 82.6 cm³/mol. The SMILES string of the molecule is Cc1ccc(NC2CCC3CCCCC3C2)cc1C. The number of hydrogen-bond acceptors (Lipinski definition) is 1. The van der Waals surface area contributed by atoms with Gasteiger partial charge in [-0.1, -0.05) is 31.7 Å². The highest BCUT2D eigenvalue weighted by Gasteiger charge is 2.31. The monoisotopic (exact) mass is 257 g/mol. The summed E-state index contributed by atoms with van der Waals surface area (Å²) in [7, 11) is 0. The van der Waals surface area contributed by atoms with Crippen LogP contribution in [0.15, 0.2) is 18.2 Å². The van der Waals surface area contributed by atoms with Gasteiger partial charge in [0.15, 0.2) is 0 Å². The van der Waals surface area contributed by atoms with Gasteiger partial charge in [-0.05, 0) is 68.2 Å². The highest BCUT2D eigenvalue weighted by Crippen LogP contribution is 2.41. The lowest BCUT2D eigenvalue weighted by molar-refractivity contribution is 0.162. The van der Waals surface area contributed by atoms with Crippen molar-refractivity contribution < 1.29 is 0 Å². The quantitative estimate of drug-likeness (QED) is 0.779. The second-order valence-electron chi connectivity index (χ2n) is 6.76. The fourth-order valence-corrected chi connectivity index (χ4v) is 4.07. The van der Waals surface area contributed by atoms with Crippen LogP contribution in [0.5, 0.6) is 0 Å². The summed E-state index contributed by atoms with van der Waals surface area (Å²) >= 11 is 0. The van der Waals surface area contributed by atoms with Crippen LogP contribution in [-0.4, -0.2) is 6.04 Å². The maximum Gasteiger partial charge on any atom is 0.0345 e. The minimum Gasteiger partial charge on any atom is -0.382 e.